The minimum atomic E-state index is 0.604. The molecule has 0 N–H and O–H groups in total. The molecule has 4 aromatic heterocycles. The van der Waals surface area contributed by atoms with Crippen molar-refractivity contribution in [3.8, 4) is 62.4 Å². The van der Waals surface area contributed by atoms with Crippen LogP contribution in [0.5, 0.6) is 0 Å². The van der Waals surface area contributed by atoms with Crippen molar-refractivity contribution < 1.29 is 0 Å². The fraction of sp³-hybridized carbons (Fsp3) is 0. The van der Waals surface area contributed by atoms with Crippen molar-refractivity contribution in [2.45, 2.75) is 0 Å². The minimum Gasteiger partial charge on any atom is -0.309 e. The number of hydrogen-bond donors (Lipinski definition) is 0. The normalized spacial score (nSPS) is 11.8. The monoisotopic (exact) mass is 880 g/mol. The lowest BCUT2D eigenvalue weighted by molar-refractivity contribution is 1.06. The summed E-state index contributed by atoms with van der Waals surface area (Å²) in [5.41, 5.74) is 15.2. The van der Waals surface area contributed by atoms with Gasteiger partial charge in [-0.2, -0.15) is 0 Å². The fourth-order valence-electron chi connectivity index (χ4n) is 10.6. The standard InChI is InChI=1S/C63H40N6/c1-4-18-41(19-5-1)61-64-62(42-20-6-2-7-21-42)66-63(65-61)45-34-37-59(60(40-45)69-54-29-15-10-24-47(54)48-25-11-16-30-55(48)69)68-56-31-17-13-27-50(56)52-39-44(33-36-58(52)68)43-32-35-57-51(38-43)49-26-12-14-28-53(49)67(57)46-22-8-3-9-23-46/h1-40H. The van der Waals surface area contributed by atoms with Gasteiger partial charge in [0.1, 0.15) is 0 Å². The van der Waals surface area contributed by atoms with Gasteiger partial charge in [0.25, 0.3) is 0 Å². The van der Waals surface area contributed by atoms with Crippen molar-refractivity contribution in [3.05, 3.63) is 243 Å². The first-order valence-corrected chi connectivity index (χ1v) is 23.4. The molecular weight excluding hydrogens is 841 g/mol. The maximum absolute atomic E-state index is 5.19. The van der Waals surface area contributed by atoms with E-state index in [-0.39, 0.29) is 0 Å². The van der Waals surface area contributed by atoms with Crippen molar-refractivity contribution in [2.24, 2.45) is 0 Å². The minimum absolute atomic E-state index is 0.604. The molecule has 4 heterocycles. The molecule has 14 aromatic rings. The highest BCUT2D eigenvalue weighted by Crippen LogP contribution is 2.42. The molecule has 0 unspecified atom stereocenters. The number of fused-ring (bicyclic) bond motifs is 9. The molecule has 10 aromatic carbocycles. The third-order valence-corrected chi connectivity index (χ3v) is 13.7. The summed E-state index contributed by atoms with van der Waals surface area (Å²) in [6.07, 6.45) is 0. The summed E-state index contributed by atoms with van der Waals surface area (Å²) in [5.74, 6) is 1.86. The molecular formula is C63H40N6. The molecule has 0 atom stereocenters. The largest absolute Gasteiger partial charge is 0.309 e. The lowest BCUT2D eigenvalue weighted by Gasteiger charge is -2.18. The average Bonchev–Trinajstić information content (AvgIpc) is 4.06. The van der Waals surface area contributed by atoms with E-state index in [1.54, 1.807) is 0 Å². The highest BCUT2D eigenvalue weighted by atomic mass is 15.1. The lowest BCUT2D eigenvalue weighted by atomic mass is 10.0. The second-order valence-electron chi connectivity index (χ2n) is 17.6. The molecule has 0 saturated heterocycles. The molecule has 322 valence electrons. The molecule has 6 nitrogen and oxygen atoms in total. The molecule has 69 heavy (non-hydrogen) atoms. The van der Waals surface area contributed by atoms with Crippen LogP contribution in [-0.2, 0) is 0 Å². The molecule has 14 rings (SSSR count). The molecule has 0 bridgehead atoms. The van der Waals surface area contributed by atoms with Gasteiger partial charge in [0.2, 0.25) is 0 Å². The van der Waals surface area contributed by atoms with Gasteiger partial charge in [-0.05, 0) is 90.0 Å². The molecule has 0 spiro atoms. The fourth-order valence-corrected chi connectivity index (χ4v) is 10.6. The van der Waals surface area contributed by atoms with Gasteiger partial charge in [-0.1, -0.05) is 164 Å². The molecule has 0 aliphatic rings. The summed E-state index contributed by atoms with van der Waals surface area (Å²) < 4.78 is 7.22. The van der Waals surface area contributed by atoms with Gasteiger partial charge < -0.3 is 13.7 Å². The van der Waals surface area contributed by atoms with Crippen molar-refractivity contribution in [1.82, 2.24) is 28.7 Å². The number of hydrogen-bond acceptors (Lipinski definition) is 3. The van der Waals surface area contributed by atoms with Crippen LogP contribution in [-0.4, -0.2) is 28.7 Å². The van der Waals surface area contributed by atoms with Crippen LogP contribution in [0.2, 0.25) is 0 Å². The summed E-state index contributed by atoms with van der Waals surface area (Å²) >= 11 is 0. The van der Waals surface area contributed by atoms with E-state index in [9.17, 15) is 0 Å². The van der Waals surface area contributed by atoms with Crippen molar-refractivity contribution in [3.63, 3.8) is 0 Å². The maximum Gasteiger partial charge on any atom is 0.164 e. The van der Waals surface area contributed by atoms with E-state index in [1.807, 2.05) is 36.4 Å². The zero-order chi connectivity index (χ0) is 45.4. The van der Waals surface area contributed by atoms with Gasteiger partial charge in [-0.25, -0.2) is 15.0 Å². The van der Waals surface area contributed by atoms with Gasteiger partial charge >= 0.3 is 0 Å². The highest BCUT2D eigenvalue weighted by molar-refractivity contribution is 6.14. The third kappa shape index (κ3) is 6.23. The van der Waals surface area contributed by atoms with Gasteiger partial charge in [0, 0.05) is 54.7 Å². The van der Waals surface area contributed by atoms with Crippen LogP contribution in [0.25, 0.3) is 128 Å². The maximum atomic E-state index is 5.19. The average molecular weight is 881 g/mol. The van der Waals surface area contributed by atoms with E-state index in [1.165, 1.54) is 54.5 Å². The quantitative estimate of drug-likeness (QED) is 0.160. The summed E-state index contributed by atoms with van der Waals surface area (Å²) in [6, 6.07) is 86.5. The first kappa shape index (κ1) is 38.8. The van der Waals surface area contributed by atoms with Crippen LogP contribution >= 0.6 is 0 Å². The molecule has 0 aliphatic carbocycles. The number of nitrogens with zero attached hydrogens (tertiary/aromatic N) is 6. The van der Waals surface area contributed by atoms with E-state index >= 15 is 0 Å². The number of para-hydroxylation sites is 5. The van der Waals surface area contributed by atoms with E-state index in [4.69, 9.17) is 15.0 Å². The van der Waals surface area contributed by atoms with Crippen LogP contribution in [0.3, 0.4) is 0 Å². The van der Waals surface area contributed by atoms with Crippen molar-refractivity contribution in [1.29, 1.82) is 0 Å². The first-order chi connectivity index (χ1) is 34.2. The predicted molar refractivity (Wildman–Crippen MR) is 285 cm³/mol. The smallest absolute Gasteiger partial charge is 0.164 e. The molecule has 0 radical (unpaired) electrons. The Morgan fingerprint density at radius 1 is 0.217 bits per heavy atom. The van der Waals surface area contributed by atoms with Crippen molar-refractivity contribution in [2.75, 3.05) is 0 Å². The van der Waals surface area contributed by atoms with Gasteiger partial charge in [0.15, 0.2) is 17.5 Å². The highest BCUT2D eigenvalue weighted by Gasteiger charge is 2.22. The van der Waals surface area contributed by atoms with Crippen LogP contribution in [0, 0.1) is 0 Å². The summed E-state index contributed by atoms with van der Waals surface area (Å²) in [5, 5.41) is 7.23. The molecule has 0 fully saturated rings. The van der Waals surface area contributed by atoms with Crippen LogP contribution in [0.4, 0.5) is 0 Å². The summed E-state index contributed by atoms with van der Waals surface area (Å²) in [4.78, 5) is 15.4. The Labute approximate surface area is 397 Å². The Bertz CT molecular complexity index is 4190. The summed E-state index contributed by atoms with van der Waals surface area (Å²) in [7, 11) is 0. The molecule has 0 amide bonds. The Morgan fingerprint density at radius 3 is 1.06 bits per heavy atom. The van der Waals surface area contributed by atoms with E-state index in [2.05, 4.69) is 220 Å². The molecule has 6 heteroatoms. The van der Waals surface area contributed by atoms with Crippen molar-refractivity contribution >= 4 is 65.4 Å². The Morgan fingerprint density at radius 2 is 0.565 bits per heavy atom. The Balaban J connectivity index is 0.998. The molecule has 0 saturated carbocycles. The topological polar surface area (TPSA) is 53.5 Å². The van der Waals surface area contributed by atoms with E-state index in [0.29, 0.717) is 17.5 Å². The van der Waals surface area contributed by atoms with Gasteiger partial charge in [-0.3, -0.25) is 0 Å². The SMILES string of the molecule is c1ccc(-c2nc(-c3ccccc3)nc(-c3ccc(-n4c5ccccc5c5cc(-c6ccc7c(c6)c6ccccc6n7-c6ccccc6)ccc54)c(-n4c5ccccc5c5ccccc54)c3)n2)cc1. The Hall–Kier alpha value is -9.39. The second kappa shape index (κ2) is 15.6. The second-order valence-corrected chi connectivity index (χ2v) is 17.6. The van der Waals surface area contributed by atoms with Crippen LogP contribution < -0.4 is 0 Å². The first-order valence-electron chi connectivity index (χ1n) is 23.4. The van der Waals surface area contributed by atoms with Crippen LogP contribution in [0.1, 0.15) is 0 Å². The number of rotatable bonds is 7. The van der Waals surface area contributed by atoms with E-state index < -0.39 is 0 Å². The van der Waals surface area contributed by atoms with E-state index in [0.717, 1.165) is 55.8 Å². The Kier molecular flexibility index (Phi) is 8.79. The summed E-state index contributed by atoms with van der Waals surface area (Å²) in [6.45, 7) is 0. The zero-order valence-electron chi connectivity index (χ0n) is 37.3. The predicted octanol–water partition coefficient (Wildman–Crippen LogP) is 15.8. The van der Waals surface area contributed by atoms with Gasteiger partial charge in [0.05, 0.1) is 44.5 Å². The number of benzene rings is 10. The number of aromatic nitrogens is 6. The zero-order valence-corrected chi connectivity index (χ0v) is 37.3. The lowest BCUT2D eigenvalue weighted by Crippen LogP contribution is -2.05. The van der Waals surface area contributed by atoms with Crippen LogP contribution in [0.15, 0.2) is 243 Å². The molecule has 0 aliphatic heterocycles. The van der Waals surface area contributed by atoms with Gasteiger partial charge in [-0.15, -0.1) is 0 Å². The third-order valence-electron chi connectivity index (χ3n) is 13.7.